The maximum absolute atomic E-state index is 6.17. The zero-order chi connectivity index (χ0) is 14.2. The van der Waals surface area contributed by atoms with E-state index in [-0.39, 0.29) is 6.10 Å². The first-order valence-corrected chi connectivity index (χ1v) is 7.28. The zero-order valence-corrected chi connectivity index (χ0v) is 12.3. The molecule has 0 amide bonds. The Balaban J connectivity index is 2.14. The summed E-state index contributed by atoms with van der Waals surface area (Å²) in [6.07, 6.45) is 2.29. The van der Waals surface area contributed by atoms with Gasteiger partial charge in [-0.25, -0.2) is 0 Å². The lowest BCUT2D eigenvalue weighted by molar-refractivity contribution is 0.205. The van der Waals surface area contributed by atoms with Crippen LogP contribution in [-0.2, 0) is 6.42 Å². The van der Waals surface area contributed by atoms with Gasteiger partial charge in [-0.05, 0) is 36.7 Å². The quantitative estimate of drug-likeness (QED) is 0.821. The topological polar surface area (TPSA) is 21.3 Å². The fraction of sp³-hybridized carbons (Fsp3) is 0.333. The second-order valence-electron chi connectivity index (χ2n) is 4.97. The van der Waals surface area contributed by atoms with Crippen LogP contribution in [0.3, 0.4) is 0 Å². The molecule has 2 rings (SSSR count). The summed E-state index contributed by atoms with van der Waals surface area (Å²) in [4.78, 5) is 0. The molecule has 0 radical (unpaired) electrons. The van der Waals surface area contributed by atoms with E-state index < -0.39 is 0 Å². The summed E-state index contributed by atoms with van der Waals surface area (Å²) in [7, 11) is 1.95. The van der Waals surface area contributed by atoms with Gasteiger partial charge >= 0.3 is 0 Å². The first kappa shape index (κ1) is 14.6. The molecule has 0 aliphatic heterocycles. The third-order valence-electron chi connectivity index (χ3n) is 3.28. The minimum atomic E-state index is 0.0399. The molecular formula is C18H23NO. The molecule has 0 aliphatic rings. The number of ether oxygens (including phenoxy) is 1. The minimum Gasteiger partial charge on any atom is -0.484 e. The molecule has 0 spiro atoms. The van der Waals surface area contributed by atoms with Gasteiger partial charge < -0.3 is 10.1 Å². The number of hydrogen-bond donors (Lipinski definition) is 1. The van der Waals surface area contributed by atoms with Crippen LogP contribution >= 0.6 is 0 Å². The zero-order valence-electron chi connectivity index (χ0n) is 12.3. The van der Waals surface area contributed by atoms with Gasteiger partial charge in [0.05, 0.1) is 0 Å². The molecule has 0 bridgehead atoms. The minimum absolute atomic E-state index is 0.0399. The molecule has 2 aromatic rings. The molecule has 0 aromatic heterocycles. The molecule has 0 saturated carbocycles. The molecular weight excluding hydrogens is 246 g/mol. The standard InChI is InChI=1S/C18H23NO/c1-3-8-15-9-7-12-17(13-15)20-18(14-19-2)16-10-5-4-6-11-16/h4-7,9-13,18-19H,3,8,14H2,1-2H3. The van der Waals surface area contributed by atoms with Crippen LogP contribution in [0.25, 0.3) is 0 Å². The van der Waals surface area contributed by atoms with Crippen molar-refractivity contribution in [2.24, 2.45) is 0 Å². The monoisotopic (exact) mass is 269 g/mol. The molecule has 0 saturated heterocycles. The van der Waals surface area contributed by atoms with Gasteiger partial charge in [-0.15, -0.1) is 0 Å². The summed E-state index contributed by atoms with van der Waals surface area (Å²) in [5, 5.41) is 3.20. The Morgan fingerprint density at radius 2 is 1.85 bits per heavy atom. The number of rotatable bonds is 7. The lowest BCUT2D eigenvalue weighted by Crippen LogP contribution is -2.21. The first-order valence-electron chi connectivity index (χ1n) is 7.28. The highest BCUT2D eigenvalue weighted by Gasteiger charge is 2.12. The van der Waals surface area contributed by atoms with E-state index in [1.54, 1.807) is 0 Å². The van der Waals surface area contributed by atoms with E-state index in [4.69, 9.17) is 4.74 Å². The second-order valence-corrected chi connectivity index (χ2v) is 4.97. The van der Waals surface area contributed by atoms with E-state index in [0.29, 0.717) is 0 Å². The number of likely N-dealkylation sites (N-methyl/N-ethyl adjacent to an activating group) is 1. The Bertz CT molecular complexity index is 510. The van der Waals surface area contributed by atoms with Crippen LogP contribution in [0.1, 0.15) is 30.6 Å². The van der Waals surface area contributed by atoms with E-state index in [1.807, 2.05) is 19.2 Å². The highest BCUT2D eigenvalue weighted by atomic mass is 16.5. The van der Waals surface area contributed by atoms with Gasteiger partial charge in [0.25, 0.3) is 0 Å². The van der Waals surface area contributed by atoms with Crippen molar-refractivity contribution in [3.05, 3.63) is 65.7 Å². The van der Waals surface area contributed by atoms with Gasteiger partial charge in [-0.1, -0.05) is 55.8 Å². The summed E-state index contributed by atoms with van der Waals surface area (Å²) in [5.41, 5.74) is 2.53. The Labute approximate surface area is 121 Å². The van der Waals surface area contributed by atoms with Crippen molar-refractivity contribution in [1.29, 1.82) is 0 Å². The molecule has 0 fully saturated rings. The van der Waals surface area contributed by atoms with Crippen molar-refractivity contribution in [1.82, 2.24) is 5.32 Å². The fourth-order valence-electron chi connectivity index (χ4n) is 2.31. The van der Waals surface area contributed by atoms with Gasteiger partial charge in [0.15, 0.2) is 0 Å². The Kier molecular flexibility index (Phi) is 5.63. The Morgan fingerprint density at radius 3 is 2.55 bits per heavy atom. The summed E-state index contributed by atoms with van der Waals surface area (Å²) in [5.74, 6) is 0.944. The van der Waals surface area contributed by atoms with Crippen LogP contribution < -0.4 is 10.1 Å². The molecule has 2 aromatic carbocycles. The number of nitrogens with one attached hydrogen (secondary N) is 1. The average molecular weight is 269 g/mol. The smallest absolute Gasteiger partial charge is 0.136 e. The number of hydrogen-bond acceptors (Lipinski definition) is 2. The van der Waals surface area contributed by atoms with Crippen LogP contribution in [0.2, 0.25) is 0 Å². The molecule has 1 unspecified atom stereocenters. The predicted octanol–water partition coefficient (Wildman–Crippen LogP) is 3.98. The van der Waals surface area contributed by atoms with Crippen molar-refractivity contribution >= 4 is 0 Å². The van der Waals surface area contributed by atoms with Crippen molar-refractivity contribution in [2.75, 3.05) is 13.6 Å². The predicted molar refractivity (Wildman–Crippen MR) is 84.2 cm³/mol. The lowest BCUT2D eigenvalue weighted by Gasteiger charge is -2.19. The maximum Gasteiger partial charge on any atom is 0.136 e. The summed E-state index contributed by atoms with van der Waals surface area (Å²) in [6.45, 7) is 2.99. The van der Waals surface area contributed by atoms with E-state index in [9.17, 15) is 0 Å². The van der Waals surface area contributed by atoms with E-state index >= 15 is 0 Å². The van der Waals surface area contributed by atoms with E-state index in [2.05, 4.69) is 54.7 Å². The molecule has 1 atom stereocenters. The lowest BCUT2D eigenvalue weighted by atomic mass is 10.1. The highest BCUT2D eigenvalue weighted by molar-refractivity contribution is 5.30. The Morgan fingerprint density at radius 1 is 1.05 bits per heavy atom. The van der Waals surface area contributed by atoms with Gasteiger partial charge in [0, 0.05) is 6.54 Å². The van der Waals surface area contributed by atoms with Gasteiger partial charge in [-0.2, -0.15) is 0 Å². The van der Waals surface area contributed by atoms with Crippen LogP contribution in [0.5, 0.6) is 5.75 Å². The normalized spacial score (nSPS) is 12.1. The van der Waals surface area contributed by atoms with E-state index in [0.717, 1.165) is 25.1 Å². The molecule has 0 heterocycles. The summed E-state index contributed by atoms with van der Waals surface area (Å²) >= 11 is 0. The molecule has 106 valence electrons. The summed E-state index contributed by atoms with van der Waals surface area (Å²) < 4.78 is 6.17. The Hall–Kier alpha value is -1.80. The van der Waals surface area contributed by atoms with Gasteiger partial charge in [0.1, 0.15) is 11.9 Å². The second kappa shape index (κ2) is 7.71. The van der Waals surface area contributed by atoms with Crippen molar-refractivity contribution in [3.63, 3.8) is 0 Å². The van der Waals surface area contributed by atoms with Crippen molar-refractivity contribution < 1.29 is 4.74 Å². The van der Waals surface area contributed by atoms with Crippen LogP contribution in [0.15, 0.2) is 54.6 Å². The van der Waals surface area contributed by atoms with Gasteiger partial charge in [-0.3, -0.25) is 0 Å². The number of aryl methyl sites for hydroxylation is 1. The molecule has 1 N–H and O–H groups in total. The van der Waals surface area contributed by atoms with E-state index in [1.165, 1.54) is 11.1 Å². The summed E-state index contributed by atoms with van der Waals surface area (Å²) in [6, 6.07) is 18.8. The third-order valence-corrected chi connectivity index (χ3v) is 3.28. The highest BCUT2D eigenvalue weighted by Crippen LogP contribution is 2.23. The van der Waals surface area contributed by atoms with Crippen molar-refractivity contribution in [3.8, 4) is 5.75 Å². The molecule has 0 aliphatic carbocycles. The van der Waals surface area contributed by atoms with Crippen LogP contribution in [0.4, 0.5) is 0 Å². The molecule has 20 heavy (non-hydrogen) atoms. The third kappa shape index (κ3) is 4.10. The molecule has 2 nitrogen and oxygen atoms in total. The maximum atomic E-state index is 6.17. The molecule has 2 heteroatoms. The first-order chi connectivity index (χ1) is 9.83. The number of benzene rings is 2. The van der Waals surface area contributed by atoms with Crippen LogP contribution in [-0.4, -0.2) is 13.6 Å². The average Bonchev–Trinajstić information content (AvgIpc) is 2.48. The fourth-order valence-corrected chi connectivity index (χ4v) is 2.31. The van der Waals surface area contributed by atoms with Crippen LogP contribution in [0, 0.1) is 0 Å². The van der Waals surface area contributed by atoms with Gasteiger partial charge in [0.2, 0.25) is 0 Å². The largest absolute Gasteiger partial charge is 0.484 e. The van der Waals surface area contributed by atoms with Crippen molar-refractivity contribution in [2.45, 2.75) is 25.9 Å². The SMILES string of the molecule is CCCc1cccc(OC(CNC)c2ccccc2)c1.